The number of aromatic nitrogens is 1. The van der Waals surface area contributed by atoms with E-state index >= 15 is 0 Å². The number of pyridine rings is 1. The number of hydrogen-bond acceptors (Lipinski definition) is 1. The summed E-state index contributed by atoms with van der Waals surface area (Å²) in [5, 5.41) is 0.718. The van der Waals surface area contributed by atoms with Crippen LogP contribution in [-0.2, 0) is 11.8 Å². The highest BCUT2D eigenvalue weighted by Gasteiger charge is 2.13. The van der Waals surface area contributed by atoms with Crippen LogP contribution in [0.5, 0.6) is 0 Å². The van der Waals surface area contributed by atoms with Crippen molar-refractivity contribution in [3.63, 3.8) is 0 Å². The first-order chi connectivity index (χ1) is 6.11. The Kier molecular flexibility index (Phi) is 4.11. The van der Waals surface area contributed by atoms with E-state index in [0.29, 0.717) is 22.1 Å². The van der Waals surface area contributed by atoms with Crippen LogP contribution in [0.3, 0.4) is 0 Å². The third-order valence-electron chi connectivity index (χ3n) is 1.84. The maximum absolute atomic E-state index is 5.85. The summed E-state index contributed by atoms with van der Waals surface area (Å²) in [7, 11) is 0. The maximum atomic E-state index is 5.85. The molecule has 1 nitrogen and oxygen atoms in total. The monoisotopic (exact) mass is 257 g/mol. The lowest BCUT2D eigenvalue weighted by molar-refractivity contribution is 1.13. The van der Waals surface area contributed by atoms with Crippen molar-refractivity contribution in [3.8, 4) is 0 Å². The van der Waals surface area contributed by atoms with E-state index in [1.165, 1.54) is 0 Å². The largest absolute Gasteiger partial charge is 0.224 e. The SMILES string of the molecule is Cc1c(Cl)nc(Cl)c(CCl)c1CCl. The molecule has 1 heterocycles. The average molecular weight is 259 g/mol. The Balaban J connectivity index is 3.41. The Morgan fingerprint density at radius 1 is 1.00 bits per heavy atom. The van der Waals surface area contributed by atoms with Gasteiger partial charge in [0.25, 0.3) is 0 Å². The molecule has 0 fully saturated rings. The fourth-order valence-electron chi connectivity index (χ4n) is 1.03. The number of hydrogen-bond donors (Lipinski definition) is 0. The number of rotatable bonds is 2. The van der Waals surface area contributed by atoms with Crippen molar-refractivity contribution in [2.75, 3.05) is 0 Å². The highest BCUT2D eigenvalue weighted by atomic mass is 35.5. The first-order valence-corrected chi connectivity index (χ1v) is 5.39. The van der Waals surface area contributed by atoms with Crippen molar-refractivity contribution in [1.29, 1.82) is 0 Å². The zero-order valence-corrected chi connectivity index (χ0v) is 9.90. The lowest BCUT2D eigenvalue weighted by atomic mass is 10.1. The molecule has 0 aliphatic heterocycles. The topological polar surface area (TPSA) is 12.9 Å². The molecule has 0 aromatic carbocycles. The van der Waals surface area contributed by atoms with E-state index in [4.69, 9.17) is 46.4 Å². The third kappa shape index (κ3) is 2.21. The second-order valence-corrected chi connectivity index (χ2v) is 3.79. The second-order valence-electron chi connectivity index (χ2n) is 2.54. The van der Waals surface area contributed by atoms with E-state index in [1.807, 2.05) is 6.92 Å². The minimum absolute atomic E-state index is 0.298. The highest BCUT2D eigenvalue weighted by Crippen LogP contribution is 2.28. The normalized spacial score (nSPS) is 10.5. The van der Waals surface area contributed by atoms with Crippen LogP contribution in [0.15, 0.2) is 0 Å². The Morgan fingerprint density at radius 3 is 2.00 bits per heavy atom. The third-order valence-corrected chi connectivity index (χ3v) is 3.05. The van der Waals surface area contributed by atoms with Crippen molar-refractivity contribution in [3.05, 3.63) is 27.0 Å². The predicted octanol–water partition coefficient (Wildman–Crippen LogP) is 4.17. The molecule has 1 aromatic rings. The molecule has 0 bridgehead atoms. The molecule has 0 atom stereocenters. The molecule has 0 saturated carbocycles. The highest BCUT2D eigenvalue weighted by molar-refractivity contribution is 6.34. The van der Waals surface area contributed by atoms with E-state index < -0.39 is 0 Å². The van der Waals surface area contributed by atoms with Crippen LogP contribution in [0.2, 0.25) is 10.3 Å². The van der Waals surface area contributed by atoms with Crippen LogP contribution in [0.4, 0.5) is 0 Å². The zero-order chi connectivity index (χ0) is 10.0. The summed E-state index contributed by atoms with van der Waals surface area (Å²) in [6.07, 6.45) is 0. The van der Waals surface area contributed by atoms with Crippen LogP contribution in [0.25, 0.3) is 0 Å². The average Bonchev–Trinajstić information content (AvgIpc) is 2.10. The first-order valence-electron chi connectivity index (χ1n) is 3.57. The standard InChI is InChI=1S/C8H7Cl4N/c1-4-5(2-9)6(3-10)8(12)13-7(4)11/h2-3H2,1H3. The molecule has 0 aliphatic carbocycles. The van der Waals surface area contributed by atoms with Crippen LogP contribution < -0.4 is 0 Å². The summed E-state index contributed by atoms with van der Waals surface area (Å²) < 4.78 is 0. The fourth-order valence-corrected chi connectivity index (χ4v) is 2.25. The molecule has 0 amide bonds. The van der Waals surface area contributed by atoms with Gasteiger partial charge in [-0.15, -0.1) is 23.2 Å². The number of nitrogens with zero attached hydrogens (tertiary/aromatic N) is 1. The van der Waals surface area contributed by atoms with Gasteiger partial charge in [-0.3, -0.25) is 0 Å². The smallest absolute Gasteiger partial charge is 0.135 e. The quantitative estimate of drug-likeness (QED) is 0.573. The molecule has 5 heteroatoms. The molecule has 1 rings (SSSR count). The summed E-state index contributed by atoms with van der Waals surface area (Å²) in [4.78, 5) is 3.94. The molecule has 0 radical (unpaired) electrons. The Bertz CT molecular complexity index is 324. The Morgan fingerprint density at radius 2 is 1.54 bits per heavy atom. The number of halogens is 4. The summed E-state index contributed by atoms with van der Waals surface area (Å²) in [6.45, 7) is 1.85. The maximum Gasteiger partial charge on any atom is 0.135 e. The van der Waals surface area contributed by atoms with Crippen LogP contribution in [0, 0.1) is 6.92 Å². The lowest BCUT2D eigenvalue weighted by Gasteiger charge is -2.10. The van der Waals surface area contributed by atoms with Gasteiger partial charge in [0, 0.05) is 11.4 Å². The fraction of sp³-hybridized carbons (Fsp3) is 0.375. The molecule has 1 aromatic heterocycles. The van der Waals surface area contributed by atoms with Crippen molar-refractivity contribution in [2.45, 2.75) is 18.7 Å². The van der Waals surface area contributed by atoms with Gasteiger partial charge in [0.2, 0.25) is 0 Å². The molecule has 0 aliphatic rings. The van der Waals surface area contributed by atoms with E-state index in [1.54, 1.807) is 0 Å². The van der Waals surface area contributed by atoms with Gasteiger partial charge in [0.05, 0.1) is 5.88 Å². The van der Waals surface area contributed by atoms with E-state index in [0.717, 1.165) is 16.7 Å². The summed E-state index contributed by atoms with van der Waals surface area (Å²) in [6, 6.07) is 0. The van der Waals surface area contributed by atoms with Gasteiger partial charge in [-0.05, 0) is 18.1 Å². The molecular formula is C8H7Cl4N. The molecule has 0 saturated heterocycles. The zero-order valence-electron chi connectivity index (χ0n) is 6.87. The summed E-state index contributed by atoms with van der Waals surface area (Å²) in [5.41, 5.74) is 2.48. The van der Waals surface area contributed by atoms with Crippen molar-refractivity contribution >= 4 is 46.4 Å². The molecule has 72 valence electrons. The minimum atomic E-state index is 0.298. The first kappa shape index (κ1) is 11.4. The van der Waals surface area contributed by atoms with Crippen LogP contribution in [-0.4, -0.2) is 4.98 Å². The van der Waals surface area contributed by atoms with Crippen LogP contribution >= 0.6 is 46.4 Å². The van der Waals surface area contributed by atoms with Gasteiger partial charge >= 0.3 is 0 Å². The van der Waals surface area contributed by atoms with Crippen LogP contribution in [0.1, 0.15) is 16.7 Å². The Hall–Kier alpha value is 0.310. The van der Waals surface area contributed by atoms with Gasteiger partial charge < -0.3 is 0 Å². The summed E-state index contributed by atoms with van der Waals surface area (Å²) in [5.74, 6) is 0.641. The van der Waals surface area contributed by atoms with E-state index in [-0.39, 0.29) is 0 Å². The van der Waals surface area contributed by atoms with Gasteiger partial charge in [0.15, 0.2) is 0 Å². The van der Waals surface area contributed by atoms with Gasteiger partial charge in [0.1, 0.15) is 10.3 Å². The lowest BCUT2D eigenvalue weighted by Crippen LogP contribution is -1.98. The second kappa shape index (κ2) is 4.70. The van der Waals surface area contributed by atoms with Crippen molar-refractivity contribution < 1.29 is 0 Å². The molecule has 0 N–H and O–H groups in total. The molecular weight excluding hydrogens is 252 g/mol. The minimum Gasteiger partial charge on any atom is -0.224 e. The van der Waals surface area contributed by atoms with E-state index in [2.05, 4.69) is 4.98 Å². The summed E-state index contributed by atoms with van der Waals surface area (Å²) >= 11 is 23.1. The predicted molar refractivity (Wildman–Crippen MR) is 58.1 cm³/mol. The molecule has 0 spiro atoms. The molecule has 13 heavy (non-hydrogen) atoms. The number of alkyl halides is 2. The van der Waals surface area contributed by atoms with Gasteiger partial charge in [-0.25, -0.2) is 4.98 Å². The van der Waals surface area contributed by atoms with E-state index in [9.17, 15) is 0 Å². The van der Waals surface area contributed by atoms with Gasteiger partial charge in [-0.2, -0.15) is 0 Å². The Labute approximate surface area is 97.0 Å². The van der Waals surface area contributed by atoms with Crippen molar-refractivity contribution in [1.82, 2.24) is 4.98 Å². The van der Waals surface area contributed by atoms with Crippen molar-refractivity contribution in [2.24, 2.45) is 0 Å². The molecule has 0 unspecified atom stereocenters. The van der Waals surface area contributed by atoms with Gasteiger partial charge in [-0.1, -0.05) is 23.2 Å².